The molecule has 4 heterocycles. The predicted molar refractivity (Wildman–Crippen MR) is 94.2 cm³/mol. The Hall–Kier alpha value is -0.650. The Kier molecular flexibility index (Phi) is 5.94. The molecule has 6 heteroatoms. The minimum atomic E-state index is 0. The monoisotopic (exact) mass is 339 g/mol. The highest BCUT2D eigenvalue weighted by Gasteiger charge is 2.28. The van der Waals surface area contributed by atoms with Crippen LogP contribution in [-0.4, -0.2) is 52.4 Å². The molecule has 23 heavy (non-hydrogen) atoms. The second-order valence-corrected chi connectivity index (χ2v) is 7.37. The molecule has 2 fully saturated rings. The molecule has 0 radical (unpaired) electrons. The largest absolute Gasteiger partial charge is 0.316 e. The molecular weight excluding hydrogens is 310 g/mol. The van der Waals surface area contributed by atoms with E-state index in [2.05, 4.69) is 25.0 Å². The van der Waals surface area contributed by atoms with Crippen LogP contribution in [0.3, 0.4) is 0 Å². The summed E-state index contributed by atoms with van der Waals surface area (Å²) < 4.78 is 2.43. The molecule has 1 aromatic rings. The number of piperidine rings is 2. The fourth-order valence-electron chi connectivity index (χ4n) is 4.45. The fraction of sp³-hybridized carbons (Fsp3) is 0.882. The summed E-state index contributed by atoms with van der Waals surface area (Å²) in [7, 11) is 0. The quantitative estimate of drug-likeness (QED) is 0.917. The summed E-state index contributed by atoms with van der Waals surface area (Å²) in [6.07, 6.45) is 8.99. The highest BCUT2D eigenvalue weighted by Crippen LogP contribution is 2.29. The topological polar surface area (TPSA) is 46.0 Å². The van der Waals surface area contributed by atoms with Gasteiger partial charge in [-0.1, -0.05) is 0 Å². The number of halogens is 1. The van der Waals surface area contributed by atoms with E-state index in [1.807, 2.05) is 0 Å². The number of nitrogens with zero attached hydrogens (tertiary/aromatic N) is 4. The maximum Gasteiger partial charge on any atom is 0.136 e. The molecule has 1 aromatic heterocycles. The van der Waals surface area contributed by atoms with E-state index in [0.29, 0.717) is 5.92 Å². The summed E-state index contributed by atoms with van der Waals surface area (Å²) in [4.78, 5) is 2.68. The van der Waals surface area contributed by atoms with Gasteiger partial charge in [-0.3, -0.25) is 0 Å². The van der Waals surface area contributed by atoms with Crippen molar-refractivity contribution in [1.29, 1.82) is 0 Å². The summed E-state index contributed by atoms with van der Waals surface area (Å²) in [6, 6.07) is 0. The number of likely N-dealkylation sites (tertiary alicyclic amines) is 1. The van der Waals surface area contributed by atoms with E-state index in [4.69, 9.17) is 0 Å². The molecule has 5 nitrogen and oxygen atoms in total. The van der Waals surface area contributed by atoms with Crippen LogP contribution in [0.4, 0.5) is 0 Å². The van der Waals surface area contributed by atoms with Crippen LogP contribution in [0.1, 0.15) is 56.1 Å². The lowest BCUT2D eigenvalue weighted by molar-refractivity contribution is 0.166. The standard InChI is InChI=1S/C17H29N5.ClH/c1-2-9-22-16(5-1)19-20-17(22)15-6-10-21(11-7-15)13-14-4-3-8-18-12-14;/h14-15,18H,1-13H2;1H. The first-order chi connectivity index (χ1) is 10.9. The average Bonchev–Trinajstić information content (AvgIpc) is 3.01. The molecule has 3 aliphatic heterocycles. The molecule has 4 rings (SSSR count). The van der Waals surface area contributed by atoms with E-state index in [-0.39, 0.29) is 12.4 Å². The Bertz CT molecular complexity index is 489. The maximum absolute atomic E-state index is 4.55. The van der Waals surface area contributed by atoms with E-state index < -0.39 is 0 Å². The van der Waals surface area contributed by atoms with E-state index in [9.17, 15) is 0 Å². The minimum absolute atomic E-state index is 0. The minimum Gasteiger partial charge on any atom is -0.316 e. The predicted octanol–water partition coefficient (Wildman–Crippen LogP) is 2.22. The summed E-state index contributed by atoms with van der Waals surface area (Å²) in [5.41, 5.74) is 0. The number of rotatable bonds is 3. The van der Waals surface area contributed by atoms with Gasteiger partial charge < -0.3 is 14.8 Å². The Morgan fingerprint density at radius 1 is 1.00 bits per heavy atom. The van der Waals surface area contributed by atoms with Crippen molar-refractivity contribution in [2.24, 2.45) is 5.92 Å². The van der Waals surface area contributed by atoms with Gasteiger partial charge in [0.05, 0.1) is 0 Å². The third-order valence-electron chi connectivity index (χ3n) is 5.76. The fourth-order valence-corrected chi connectivity index (χ4v) is 4.45. The van der Waals surface area contributed by atoms with Gasteiger partial charge in [-0.05, 0) is 70.6 Å². The molecule has 0 bridgehead atoms. The Balaban J connectivity index is 0.00000156. The molecule has 0 aliphatic carbocycles. The first-order valence-corrected chi connectivity index (χ1v) is 9.25. The van der Waals surface area contributed by atoms with Crippen LogP contribution in [0.15, 0.2) is 0 Å². The van der Waals surface area contributed by atoms with Crippen LogP contribution >= 0.6 is 12.4 Å². The molecule has 0 spiro atoms. The number of nitrogens with one attached hydrogen (secondary N) is 1. The van der Waals surface area contributed by atoms with Crippen molar-refractivity contribution in [2.45, 2.75) is 57.4 Å². The zero-order chi connectivity index (χ0) is 14.8. The molecule has 1 N–H and O–H groups in total. The highest BCUT2D eigenvalue weighted by molar-refractivity contribution is 5.85. The van der Waals surface area contributed by atoms with Crippen molar-refractivity contribution in [1.82, 2.24) is 25.0 Å². The Morgan fingerprint density at radius 2 is 1.87 bits per heavy atom. The molecule has 2 saturated heterocycles. The normalized spacial score (nSPS) is 26.5. The maximum atomic E-state index is 4.55. The molecule has 1 unspecified atom stereocenters. The van der Waals surface area contributed by atoms with Crippen molar-refractivity contribution in [2.75, 3.05) is 32.7 Å². The zero-order valence-corrected chi connectivity index (χ0v) is 14.9. The number of hydrogen-bond acceptors (Lipinski definition) is 4. The number of hydrogen-bond donors (Lipinski definition) is 1. The smallest absolute Gasteiger partial charge is 0.136 e. The summed E-state index contributed by atoms with van der Waals surface area (Å²) in [5, 5.41) is 12.5. The first kappa shape index (κ1) is 17.2. The molecule has 0 aromatic carbocycles. The number of aryl methyl sites for hydroxylation is 1. The molecule has 0 amide bonds. The van der Waals surface area contributed by atoms with Crippen molar-refractivity contribution in [3.63, 3.8) is 0 Å². The molecule has 130 valence electrons. The van der Waals surface area contributed by atoms with Crippen LogP contribution in [0.5, 0.6) is 0 Å². The van der Waals surface area contributed by atoms with E-state index >= 15 is 0 Å². The second-order valence-electron chi connectivity index (χ2n) is 7.37. The van der Waals surface area contributed by atoms with Crippen LogP contribution in [0.2, 0.25) is 0 Å². The van der Waals surface area contributed by atoms with Crippen molar-refractivity contribution in [3.05, 3.63) is 11.6 Å². The second kappa shape index (κ2) is 7.95. The molecule has 0 saturated carbocycles. The number of fused-ring (bicyclic) bond motifs is 1. The van der Waals surface area contributed by atoms with Crippen molar-refractivity contribution < 1.29 is 0 Å². The SMILES string of the molecule is C1CCn2c(nnc2C2CCN(CC3CCCNC3)CC2)C1.Cl. The van der Waals surface area contributed by atoms with Gasteiger partial charge in [0.2, 0.25) is 0 Å². The molecule has 3 aliphatic rings. The zero-order valence-electron chi connectivity index (χ0n) is 14.0. The van der Waals surface area contributed by atoms with Crippen molar-refractivity contribution >= 4 is 12.4 Å². The van der Waals surface area contributed by atoms with E-state index in [1.165, 1.54) is 82.9 Å². The van der Waals surface area contributed by atoms with Gasteiger partial charge in [-0.2, -0.15) is 0 Å². The Labute approximate surface area is 145 Å². The molecular formula is C17H30ClN5. The van der Waals surface area contributed by atoms with Crippen LogP contribution in [0.25, 0.3) is 0 Å². The lowest BCUT2D eigenvalue weighted by atomic mass is 9.93. The number of aromatic nitrogens is 3. The van der Waals surface area contributed by atoms with Crippen LogP contribution in [0, 0.1) is 5.92 Å². The third-order valence-corrected chi connectivity index (χ3v) is 5.76. The van der Waals surface area contributed by atoms with Gasteiger partial charge in [0.1, 0.15) is 11.6 Å². The van der Waals surface area contributed by atoms with E-state index in [0.717, 1.165) is 18.9 Å². The van der Waals surface area contributed by atoms with Gasteiger partial charge >= 0.3 is 0 Å². The van der Waals surface area contributed by atoms with Gasteiger partial charge in [-0.15, -0.1) is 22.6 Å². The first-order valence-electron chi connectivity index (χ1n) is 9.25. The lowest BCUT2D eigenvalue weighted by Crippen LogP contribution is -2.41. The summed E-state index contributed by atoms with van der Waals surface area (Å²) in [6.45, 7) is 7.35. The molecule has 1 atom stereocenters. The third kappa shape index (κ3) is 3.89. The van der Waals surface area contributed by atoms with Gasteiger partial charge in [-0.25, -0.2) is 0 Å². The van der Waals surface area contributed by atoms with Gasteiger partial charge in [0.15, 0.2) is 0 Å². The van der Waals surface area contributed by atoms with E-state index in [1.54, 1.807) is 0 Å². The van der Waals surface area contributed by atoms with Crippen LogP contribution < -0.4 is 5.32 Å². The van der Waals surface area contributed by atoms with Gasteiger partial charge in [0.25, 0.3) is 0 Å². The Morgan fingerprint density at radius 3 is 2.65 bits per heavy atom. The summed E-state index contributed by atoms with van der Waals surface area (Å²) in [5.74, 6) is 4.02. The summed E-state index contributed by atoms with van der Waals surface area (Å²) >= 11 is 0. The van der Waals surface area contributed by atoms with Gasteiger partial charge in [0, 0.05) is 25.4 Å². The highest BCUT2D eigenvalue weighted by atomic mass is 35.5. The average molecular weight is 340 g/mol. The lowest BCUT2D eigenvalue weighted by Gasteiger charge is -2.35. The van der Waals surface area contributed by atoms with Crippen LogP contribution in [-0.2, 0) is 13.0 Å². The van der Waals surface area contributed by atoms with Crippen molar-refractivity contribution in [3.8, 4) is 0 Å².